The van der Waals surface area contributed by atoms with Gasteiger partial charge < -0.3 is 14.7 Å². The van der Waals surface area contributed by atoms with E-state index in [4.69, 9.17) is 0 Å². The van der Waals surface area contributed by atoms with Crippen molar-refractivity contribution < 1.29 is 0 Å². The Kier molecular flexibility index (Phi) is 9.20. The molecule has 0 bridgehead atoms. The summed E-state index contributed by atoms with van der Waals surface area (Å²) in [7, 11) is 0. The molecule has 2 aromatic heterocycles. The van der Waals surface area contributed by atoms with Gasteiger partial charge in [-0.1, -0.05) is 150 Å². The molecule has 0 radical (unpaired) electrons. The molecule has 1 aliphatic carbocycles. The Morgan fingerprint density at radius 2 is 1.16 bits per heavy atom. The highest BCUT2D eigenvalue weighted by Crippen LogP contribution is 2.62. The van der Waals surface area contributed by atoms with Crippen LogP contribution in [0, 0.1) is 6.92 Å². The van der Waals surface area contributed by atoms with Gasteiger partial charge in [-0.25, -0.2) is 0 Å². The van der Waals surface area contributed by atoms with Crippen molar-refractivity contribution in [1.82, 2.24) is 0 Å². The van der Waals surface area contributed by atoms with Gasteiger partial charge in [0, 0.05) is 80.9 Å². The maximum atomic E-state index is 2.79. The van der Waals surface area contributed by atoms with Crippen LogP contribution in [0.2, 0.25) is 0 Å². The fraction of sp³-hybridized carbons (Fsp3) is 0.194. The molecule has 354 valence electrons. The van der Waals surface area contributed by atoms with E-state index in [-0.39, 0.29) is 23.1 Å². The zero-order valence-electron chi connectivity index (χ0n) is 42.4. The molecule has 2 unspecified atom stereocenters. The lowest BCUT2D eigenvalue weighted by Crippen LogP contribution is -2.61. The first-order valence-corrected chi connectivity index (χ1v) is 28.0. The molecule has 3 aliphatic heterocycles. The zero-order chi connectivity index (χ0) is 49.1. The Morgan fingerprint density at radius 1 is 0.479 bits per heavy atom. The van der Waals surface area contributed by atoms with Crippen LogP contribution in [0.25, 0.3) is 51.5 Å². The Balaban J connectivity index is 1.02. The summed E-state index contributed by atoms with van der Waals surface area (Å²) in [4.78, 5) is 8.06. The van der Waals surface area contributed by atoms with E-state index in [2.05, 4.69) is 238 Å². The van der Waals surface area contributed by atoms with Crippen molar-refractivity contribution >= 4 is 132 Å². The van der Waals surface area contributed by atoms with E-state index in [1.807, 2.05) is 22.7 Å². The summed E-state index contributed by atoms with van der Waals surface area (Å²) in [6.45, 7) is 14.5. The number of benzene rings is 9. The molecule has 1 saturated carbocycles. The highest BCUT2D eigenvalue weighted by molar-refractivity contribution is 7.26. The van der Waals surface area contributed by atoms with Crippen LogP contribution in [0.5, 0.6) is 0 Å². The topological polar surface area (TPSA) is 9.72 Å². The Hall–Kier alpha value is -7.12. The standard InChI is InChI=1S/C67H56BN3S2/c1-41-35-58-63-59(36-41)70(56-22-16-21-49-47-19-10-13-24-61(47)73-64(49)56)57-40-46(71-54-31-26-44(65(2,3)4)38-51(54)66(5)33-14-15-34-67(66,71)6)27-29-52(57)68(63)53-37-43(42-17-8-7-9-18-42)25-30-55(53)69(58)45-28-32-62-50(39-45)48-20-11-12-23-60(48)72-62/h7-13,16-32,35-40H,14-15,33-34H2,1-6H3. The van der Waals surface area contributed by atoms with Gasteiger partial charge in [0.15, 0.2) is 0 Å². The SMILES string of the molecule is Cc1cc2c3c(c1)N(c1cccc4c1sc1ccccc14)c1cc(N4c5ccc(C(C)(C)C)cc5C5(C)CCCCC45C)ccc1B3c1cc(-c3ccccc3)ccc1N2c1ccc2sc3ccccc3c2c1. The molecule has 73 heavy (non-hydrogen) atoms. The third-order valence-electron chi connectivity index (χ3n) is 17.8. The summed E-state index contributed by atoms with van der Waals surface area (Å²) in [5.74, 6) is 0. The Bertz CT molecular complexity index is 4120. The molecule has 2 atom stereocenters. The van der Waals surface area contributed by atoms with Gasteiger partial charge in [0.2, 0.25) is 0 Å². The first-order valence-electron chi connectivity index (χ1n) is 26.3. The second kappa shape index (κ2) is 15.5. The van der Waals surface area contributed by atoms with Gasteiger partial charge in [-0.05, 0) is 149 Å². The number of anilines is 8. The number of fused-ring (bicyclic) bond motifs is 13. The van der Waals surface area contributed by atoms with Crippen molar-refractivity contribution in [3.05, 3.63) is 199 Å². The van der Waals surface area contributed by atoms with Crippen LogP contribution >= 0.6 is 22.7 Å². The first kappa shape index (κ1) is 43.5. The van der Waals surface area contributed by atoms with Gasteiger partial charge in [-0.3, -0.25) is 0 Å². The molecule has 0 saturated heterocycles. The summed E-state index contributed by atoms with van der Waals surface area (Å²) in [6, 6.07) is 70.3. The number of thiophene rings is 2. The molecule has 11 aromatic rings. The maximum Gasteiger partial charge on any atom is 0.252 e. The summed E-state index contributed by atoms with van der Waals surface area (Å²) in [5.41, 5.74) is 20.7. The minimum Gasteiger partial charge on any atom is -0.334 e. The van der Waals surface area contributed by atoms with Gasteiger partial charge >= 0.3 is 0 Å². The van der Waals surface area contributed by atoms with E-state index in [9.17, 15) is 0 Å². The summed E-state index contributed by atoms with van der Waals surface area (Å²) >= 11 is 3.81. The third kappa shape index (κ3) is 6.11. The minimum atomic E-state index is -0.0949. The number of nitrogens with zero attached hydrogens (tertiary/aromatic N) is 3. The lowest BCUT2D eigenvalue weighted by Gasteiger charge is -2.50. The van der Waals surface area contributed by atoms with E-state index < -0.39 is 0 Å². The smallest absolute Gasteiger partial charge is 0.252 e. The van der Waals surface area contributed by atoms with Crippen LogP contribution in [-0.2, 0) is 10.8 Å². The Morgan fingerprint density at radius 3 is 1.97 bits per heavy atom. The first-order chi connectivity index (χ1) is 35.5. The van der Waals surface area contributed by atoms with Gasteiger partial charge in [0.1, 0.15) is 0 Å². The molecular formula is C67H56BN3S2. The minimum absolute atomic E-state index is 0.0106. The van der Waals surface area contributed by atoms with Gasteiger partial charge in [0.25, 0.3) is 6.71 Å². The van der Waals surface area contributed by atoms with Crippen LogP contribution in [0.4, 0.5) is 45.5 Å². The summed E-state index contributed by atoms with van der Waals surface area (Å²) in [5, 5.41) is 5.25. The summed E-state index contributed by atoms with van der Waals surface area (Å²) in [6.07, 6.45) is 4.83. The van der Waals surface area contributed by atoms with Crippen LogP contribution < -0.4 is 31.1 Å². The van der Waals surface area contributed by atoms with E-state index in [1.165, 1.54) is 149 Å². The Labute approximate surface area is 437 Å². The molecular weight excluding hydrogens is 922 g/mol. The fourth-order valence-corrected chi connectivity index (χ4v) is 16.3. The van der Waals surface area contributed by atoms with E-state index in [0.717, 1.165) is 6.42 Å². The van der Waals surface area contributed by atoms with Crippen molar-refractivity contribution in [3.8, 4) is 11.1 Å². The quantitative estimate of drug-likeness (QED) is 0.163. The monoisotopic (exact) mass is 977 g/mol. The maximum absolute atomic E-state index is 2.79. The van der Waals surface area contributed by atoms with Crippen LogP contribution in [-0.4, -0.2) is 12.3 Å². The normalized spacial score (nSPS) is 18.9. The van der Waals surface area contributed by atoms with Gasteiger partial charge in [-0.2, -0.15) is 0 Å². The van der Waals surface area contributed by atoms with Crippen molar-refractivity contribution in [2.24, 2.45) is 0 Å². The molecule has 3 nitrogen and oxygen atoms in total. The van der Waals surface area contributed by atoms with Crippen molar-refractivity contribution in [2.45, 2.75) is 83.6 Å². The fourth-order valence-electron chi connectivity index (χ4n) is 14.0. The average molecular weight is 978 g/mol. The number of aryl methyl sites for hydroxylation is 1. The lowest BCUT2D eigenvalue weighted by molar-refractivity contribution is 0.195. The largest absolute Gasteiger partial charge is 0.334 e. The van der Waals surface area contributed by atoms with Gasteiger partial charge in [0.05, 0.1) is 15.9 Å². The number of hydrogen-bond acceptors (Lipinski definition) is 5. The predicted octanol–water partition coefficient (Wildman–Crippen LogP) is 17.5. The number of rotatable bonds is 4. The highest BCUT2D eigenvalue weighted by Gasteiger charge is 2.58. The average Bonchev–Trinajstić information content (AvgIpc) is 4.04. The van der Waals surface area contributed by atoms with Crippen molar-refractivity contribution in [1.29, 1.82) is 0 Å². The molecule has 0 amide bonds. The zero-order valence-corrected chi connectivity index (χ0v) is 44.0. The van der Waals surface area contributed by atoms with Crippen molar-refractivity contribution in [3.63, 3.8) is 0 Å². The van der Waals surface area contributed by atoms with E-state index in [0.29, 0.717) is 0 Å². The van der Waals surface area contributed by atoms with Crippen LogP contribution in [0.3, 0.4) is 0 Å². The second-order valence-corrected chi connectivity index (χ2v) is 25.0. The lowest BCUT2D eigenvalue weighted by atomic mass is 9.33. The van der Waals surface area contributed by atoms with Crippen molar-refractivity contribution in [2.75, 3.05) is 14.7 Å². The molecule has 0 N–H and O–H groups in total. The third-order valence-corrected chi connectivity index (χ3v) is 20.1. The van der Waals surface area contributed by atoms with E-state index >= 15 is 0 Å². The highest BCUT2D eigenvalue weighted by atomic mass is 32.1. The molecule has 4 aliphatic rings. The molecule has 1 fully saturated rings. The van der Waals surface area contributed by atoms with Crippen LogP contribution in [0.15, 0.2) is 182 Å². The molecule has 15 rings (SSSR count). The molecule has 6 heteroatoms. The second-order valence-electron chi connectivity index (χ2n) is 22.9. The summed E-state index contributed by atoms with van der Waals surface area (Å²) < 4.78 is 5.27. The molecule has 5 heterocycles. The van der Waals surface area contributed by atoms with Crippen LogP contribution in [0.1, 0.15) is 77.0 Å². The number of hydrogen-bond donors (Lipinski definition) is 0. The van der Waals surface area contributed by atoms with E-state index in [1.54, 1.807) is 0 Å². The predicted molar refractivity (Wildman–Crippen MR) is 318 cm³/mol. The molecule has 0 spiro atoms. The molecule has 9 aromatic carbocycles. The van der Waals surface area contributed by atoms with Gasteiger partial charge in [-0.15, -0.1) is 22.7 Å².